The number of piperidine rings is 1. The highest BCUT2D eigenvalue weighted by Crippen LogP contribution is 2.22. The number of nitrogens with zero attached hydrogens (tertiary/aromatic N) is 3. The number of anilines is 1. The Morgan fingerprint density at radius 1 is 1.19 bits per heavy atom. The molecule has 2 heterocycles. The van der Waals surface area contributed by atoms with Crippen molar-refractivity contribution in [2.75, 3.05) is 31.1 Å². The molecule has 1 aliphatic heterocycles. The average Bonchev–Trinajstić information content (AvgIpc) is 2.71. The van der Waals surface area contributed by atoms with Crippen LogP contribution in [0.25, 0.3) is 0 Å². The number of amides is 1. The number of likely N-dealkylation sites (tertiary alicyclic amines) is 1. The van der Waals surface area contributed by atoms with Crippen molar-refractivity contribution in [1.82, 2.24) is 9.88 Å². The molecule has 3 rings (SSSR count). The van der Waals surface area contributed by atoms with E-state index < -0.39 is 5.82 Å². The highest BCUT2D eigenvalue weighted by molar-refractivity contribution is 5.92. The molecule has 0 bridgehead atoms. The number of carbonyl (C=O) groups excluding carboxylic acids is 1. The summed E-state index contributed by atoms with van der Waals surface area (Å²) in [4.78, 5) is 20.2. The molecule has 1 aromatic heterocycles. The third kappa shape index (κ3) is 5.36. The summed E-state index contributed by atoms with van der Waals surface area (Å²) in [6.45, 7) is 5.07. The number of hydrogen-bond acceptors (Lipinski definition) is 3. The van der Waals surface area contributed by atoms with Crippen molar-refractivity contribution in [2.45, 2.75) is 32.6 Å². The highest BCUT2D eigenvalue weighted by atomic mass is 19.1. The lowest BCUT2D eigenvalue weighted by atomic mass is 9.90. The minimum absolute atomic E-state index is 0.0911. The van der Waals surface area contributed by atoms with Gasteiger partial charge < -0.3 is 4.90 Å². The Balaban J connectivity index is 1.52. The molecule has 5 heteroatoms. The van der Waals surface area contributed by atoms with E-state index >= 15 is 0 Å². The SMILES string of the molecule is CCC(=O)N(CCN1CCC(Cc2ccccc2)CC1)c1ncccc1F. The molecule has 2 aromatic rings. The Kier molecular flexibility index (Phi) is 6.93. The second-order valence-electron chi connectivity index (χ2n) is 7.18. The van der Waals surface area contributed by atoms with E-state index in [4.69, 9.17) is 0 Å². The molecule has 27 heavy (non-hydrogen) atoms. The van der Waals surface area contributed by atoms with Gasteiger partial charge in [0.1, 0.15) is 0 Å². The molecule has 4 nitrogen and oxygen atoms in total. The zero-order valence-electron chi connectivity index (χ0n) is 16.0. The summed E-state index contributed by atoms with van der Waals surface area (Å²) in [6, 6.07) is 13.5. The van der Waals surface area contributed by atoms with Crippen molar-refractivity contribution in [3.8, 4) is 0 Å². The molecule has 0 atom stereocenters. The molecule has 1 saturated heterocycles. The smallest absolute Gasteiger partial charge is 0.227 e. The molecule has 1 fully saturated rings. The number of aromatic nitrogens is 1. The minimum Gasteiger partial charge on any atom is -0.302 e. The first kappa shape index (κ1) is 19.5. The fourth-order valence-corrected chi connectivity index (χ4v) is 3.72. The summed E-state index contributed by atoms with van der Waals surface area (Å²) in [5.74, 6) is 0.320. The van der Waals surface area contributed by atoms with Gasteiger partial charge in [-0.2, -0.15) is 0 Å². The number of carbonyl (C=O) groups is 1. The first-order valence-corrected chi connectivity index (χ1v) is 9.84. The van der Waals surface area contributed by atoms with Crippen LogP contribution in [0.5, 0.6) is 0 Å². The molecule has 0 aliphatic carbocycles. The minimum atomic E-state index is -0.444. The molecule has 0 unspecified atom stereocenters. The van der Waals surface area contributed by atoms with Gasteiger partial charge >= 0.3 is 0 Å². The fourth-order valence-electron chi connectivity index (χ4n) is 3.72. The summed E-state index contributed by atoms with van der Waals surface area (Å²) in [6.07, 6.45) is 5.33. The van der Waals surface area contributed by atoms with Gasteiger partial charge in [-0.15, -0.1) is 0 Å². The lowest BCUT2D eigenvalue weighted by molar-refractivity contribution is -0.118. The van der Waals surface area contributed by atoms with E-state index in [1.54, 1.807) is 13.0 Å². The maximum Gasteiger partial charge on any atom is 0.227 e. The van der Waals surface area contributed by atoms with Gasteiger partial charge in [0.2, 0.25) is 5.91 Å². The third-order valence-electron chi connectivity index (χ3n) is 5.31. The number of benzene rings is 1. The summed E-state index contributed by atoms with van der Waals surface area (Å²) in [7, 11) is 0. The Hall–Kier alpha value is -2.27. The monoisotopic (exact) mass is 369 g/mol. The fraction of sp³-hybridized carbons (Fsp3) is 0.455. The first-order chi connectivity index (χ1) is 13.2. The van der Waals surface area contributed by atoms with E-state index in [0.29, 0.717) is 18.9 Å². The van der Waals surface area contributed by atoms with Crippen molar-refractivity contribution in [3.63, 3.8) is 0 Å². The highest BCUT2D eigenvalue weighted by Gasteiger charge is 2.23. The second kappa shape index (κ2) is 9.60. The van der Waals surface area contributed by atoms with Crippen molar-refractivity contribution >= 4 is 11.7 Å². The average molecular weight is 369 g/mol. The van der Waals surface area contributed by atoms with E-state index in [1.807, 2.05) is 0 Å². The van der Waals surface area contributed by atoms with Crippen molar-refractivity contribution in [1.29, 1.82) is 0 Å². The van der Waals surface area contributed by atoms with Crippen molar-refractivity contribution in [3.05, 3.63) is 60.0 Å². The lowest BCUT2D eigenvalue weighted by Gasteiger charge is -2.33. The van der Waals surface area contributed by atoms with E-state index in [-0.39, 0.29) is 11.7 Å². The zero-order chi connectivity index (χ0) is 19.1. The molecule has 144 valence electrons. The van der Waals surface area contributed by atoms with E-state index in [1.165, 1.54) is 22.7 Å². The second-order valence-corrected chi connectivity index (χ2v) is 7.18. The van der Waals surface area contributed by atoms with Gasteiger partial charge in [0, 0.05) is 25.7 Å². The topological polar surface area (TPSA) is 36.4 Å². The van der Waals surface area contributed by atoms with Crippen LogP contribution in [0.2, 0.25) is 0 Å². The van der Waals surface area contributed by atoms with Gasteiger partial charge in [-0.1, -0.05) is 37.3 Å². The Labute approximate surface area is 161 Å². The number of hydrogen-bond donors (Lipinski definition) is 0. The summed E-state index contributed by atoms with van der Waals surface area (Å²) in [5, 5.41) is 0. The van der Waals surface area contributed by atoms with Crippen LogP contribution in [0.3, 0.4) is 0 Å². The number of halogens is 1. The maximum atomic E-state index is 14.1. The van der Waals surface area contributed by atoms with Crippen LogP contribution in [0.1, 0.15) is 31.7 Å². The lowest BCUT2D eigenvalue weighted by Crippen LogP contribution is -2.42. The van der Waals surface area contributed by atoms with Gasteiger partial charge in [-0.25, -0.2) is 9.37 Å². The molecule has 0 saturated carbocycles. The standard InChI is InChI=1S/C22H28FN3O/c1-2-21(27)26(22-20(23)9-6-12-24-22)16-15-25-13-10-19(11-14-25)17-18-7-4-3-5-8-18/h3-9,12,19H,2,10-11,13-17H2,1H3. The van der Waals surface area contributed by atoms with E-state index in [0.717, 1.165) is 38.9 Å². The molecule has 1 amide bonds. The Morgan fingerprint density at radius 3 is 2.59 bits per heavy atom. The van der Waals surface area contributed by atoms with Gasteiger partial charge in [-0.05, 0) is 56.0 Å². The van der Waals surface area contributed by atoms with E-state index in [9.17, 15) is 9.18 Å². The molecule has 0 N–H and O–H groups in total. The van der Waals surface area contributed by atoms with Crippen LogP contribution >= 0.6 is 0 Å². The largest absolute Gasteiger partial charge is 0.302 e. The van der Waals surface area contributed by atoms with Crippen LogP contribution in [-0.4, -0.2) is 42.0 Å². The normalized spacial score (nSPS) is 15.6. The zero-order valence-corrected chi connectivity index (χ0v) is 16.0. The summed E-state index contributed by atoms with van der Waals surface area (Å²) < 4.78 is 14.1. The molecule has 0 spiro atoms. The van der Waals surface area contributed by atoms with Gasteiger partial charge in [0.05, 0.1) is 0 Å². The van der Waals surface area contributed by atoms with Crippen LogP contribution in [0, 0.1) is 11.7 Å². The van der Waals surface area contributed by atoms with Gasteiger partial charge in [0.25, 0.3) is 0 Å². The van der Waals surface area contributed by atoms with Gasteiger partial charge in [0.15, 0.2) is 11.6 Å². The van der Waals surface area contributed by atoms with Crippen LogP contribution in [0.15, 0.2) is 48.7 Å². The summed E-state index contributed by atoms with van der Waals surface area (Å²) in [5.41, 5.74) is 1.40. The maximum absolute atomic E-state index is 14.1. The molecule has 0 radical (unpaired) electrons. The first-order valence-electron chi connectivity index (χ1n) is 9.84. The molecular formula is C22H28FN3O. The van der Waals surface area contributed by atoms with Crippen LogP contribution < -0.4 is 4.90 Å². The number of pyridine rings is 1. The quantitative estimate of drug-likeness (QED) is 0.742. The van der Waals surface area contributed by atoms with Crippen LogP contribution in [-0.2, 0) is 11.2 Å². The predicted octanol–water partition coefficient (Wildman–Crippen LogP) is 3.92. The molecule has 1 aliphatic rings. The van der Waals surface area contributed by atoms with Crippen molar-refractivity contribution < 1.29 is 9.18 Å². The summed E-state index contributed by atoms with van der Waals surface area (Å²) >= 11 is 0. The van der Waals surface area contributed by atoms with E-state index in [2.05, 4.69) is 40.2 Å². The van der Waals surface area contributed by atoms with Crippen LogP contribution in [0.4, 0.5) is 10.2 Å². The Bertz CT molecular complexity index is 729. The Morgan fingerprint density at radius 2 is 1.93 bits per heavy atom. The molecular weight excluding hydrogens is 341 g/mol. The predicted molar refractivity (Wildman–Crippen MR) is 106 cm³/mol. The number of rotatable bonds is 7. The van der Waals surface area contributed by atoms with Gasteiger partial charge in [-0.3, -0.25) is 9.69 Å². The third-order valence-corrected chi connectivity index (χ3v) is 5.31. The van der Waals surface area contributed by atoms with Crippen molar-refractivity contribution in [2.24, 2.45) is 5.92 Å². The molecule has 1 aromatic carbocycles.